The number of halogens is 1. The van der Waals surface area contributed by atoms with E-state index in [4.69, 9.17) is 5.73 Å². The van der Waals surface area contributed by atoms with Gasteiger partial charge in [-0.25, -0.2) is 17.5 Å². The summed E-state index contributed by atoms with van der Waals surface area (Å²) < 4.78 is 39.9. The van der Waals surface area contributed by atoms with Gasteiger partial charge >= 0.3 is 0 Å². The maximum atomic E-state index is 13.4. The lowest BCUT2D eigenvalue weighted by Crippen LogP contribution is -2.29. The number of nitrogens with one attached hydrogen (secondary N) is 1. The Morgan fingerprint density at radius 1 is 1.58 bits per heavy atom. The van der Waals surface area contributed by atoms with Gasteiger partial charge in [-0.1, -0.05) is 19.1 Å². The van der Waals surface area contributed by atoms with Crippen molar-refractivity contribution in [2.45, 2.75) is 17.1 Å². The summed E-state index contributed by atoms with van der Waals surface area (Å²) in [7, 11) is -3.68. The minimum Gasteiger partial charge on any atom is -0.389 e. The highest BCUT2D eigenvalue weighted by molar-refractivity contribution is 7.99. The maximum Gasteiger partial charge on any atom is 0.240 e. The van der Waals surface area contributed by atoms with E-state index in [-0.39, 0.29) is 20.7 Å². The van der Waals surface area contributed by atoms with Crippen LogP contribution >= 0.6 is 24.0 Å². The summed E-state index contributed by atoms with van der Waals surface area (Å²) in [6.07, 6.45) is 1.89. The monoisotopic (exact) mass is 322 g/mol. The lowest BCUT2D eigenvalue weighted by molar-refractivity contribution is 0.580. The van der Waals surface area contributed by atoms with Crippen LogP contribution in [0, 0.1) is 5.82 Å². The smallest absolute Gasteiger partial charge is 0.240 e. The van der Waals surface area contributed by atoms with E-state index in [1.165, 1.54) is 6.07 Å². The molecule has 1 aromatic carbocycles. The molecule has 19 heavy (non-hydrogen) atoms. The molecule has 0 saturated heterocycles. The van der Waals surface area contributed by atoms with Crippen molar-refractivity contribution in [1.29, 1.82) is 0 Å². The maximum absolute atomic E-state index is 13.4. The van der Waals surface area contributed by atoms with E-state index in [9.17, 15) is 12.8 Å². The van der Waals surface area contributed by atoms with Crippen molar-refractivity contribution in [2.24, 2.45) is 5.73 Å². The van der Waals surface area contributed by atoms with Crippen molar-refractivity contribution in [3.05, 3.63) is 29.6 Å². The number of thioether (sulfide) groups is 1. The van der Waals surface area contributed by atoms with Crippen molar-refractivity contribution >= 4 is 39.0 Å². The molecule has 1 rings (SSSR count). The van der Waals surface area contributed by atoms with Crippen LogP contribution in [0.1, 0.15) is 12.5 Å². The van der Waals surface area contributed by atoms with E-state index in [0.29, 0.717) is 6.54 Å². The fourth-order valence-corrected chi connectivity index (χ4v) is 2.92. The summed E-state index contributed by atoms with van der Waals surface area (Å²) in [4.78, 5) is -0.225. The Balaban J connectivity index is 3.02. The Hall–Kier alpha value is -0.700. The Kier molecular flexibility index (Phi) is 5.72. The Labute approximate surface area is 122 Å². The third-order valence-electron chi connectivity index (χ3n) is 2.48. The summed E-state index contributed by atoms with van der Waals surface area (Å²) in [6.45, 7) is 2.20. The van der Waals surface area contributed by atoms with Crippen LogP contribution in [0.15, 0.2) is 23.1 Å². The number of thiocarbonyl (C=S) groups is 1. The van der Waals surface area contributed by atoms with E-state index in [0.717, 1.165) is 12.1 Å². The zero-order valence-corrected chi connectivity index (χ0v) is 13.0. The van der Waals surface area contributed by atoms with Crippen molar-refractivity contribution in [3.8, 4) is 0 Å². The number of benzene rings is 1. The summed E-state index contributed by atoms with van der Waals surface area (Å²) in [5, 5.41) is 0.144. The molecule has 0 amide bonds. The van der Waals surface area contributed by atoms with E-state index < -0.39 is 15.8 Å². The molecule has 0 saturated carbocycles. The van der Waals surface area contributed by atoms with Crippen molar-refractivity contribution in [1.82, 2.24) is 4.72 Å². The highest BCUT2D eigenvalue weighted by Gasteiger charge is 2.17. The van der Waals surface area contributed by atoms with Gasteiger partial charge in [0, 0.05) is 17.4 Å². The largest absolute Gasteiger partial charge is 0.389 e. The number of rotatable bonds is 6. The highest BCUT2D eigenvalue weighted by atomic mass is 32.2. The van der Waals surface area contributed by atoms with Gasteiger partial charge in [-0.2, -0.15) is 11.8 Å². The fourth-order valence-electron chi connectivity index (χ4n) is 1.25. The van der Waals surface area contributed by atoms with E-state index in [2.05, 4.69) is 16.9 Å². The van der Waals surface area contributed by atoms with Gasteiger partial charge in [0.25, 0.3) is 0 Å². The molecule has 0 fully saturated rings. The molecule has 8 heteroatoms. The van der Waals surface area contributed by atoms with Crippen LogP contribution < -0.4 is 10.5 Å². The molecule has 1 atom stereocenters. The van der Waals surface area contributed by atoms with Crippen molar-refractivity contribution in [3.63, 3.8) is 0 Å². The van der Waals surface area contributed by atoms with Crippen LogP contribution in [0.3, 0.4) is 0 Å². The lowest BCUT2D eigenvalue weighted by atomic mass is 10.2. The molecule has 1 unspecified atom stereocenters. The van der Waals surface area contributed by atoms with Crippen LogP contribution in [0.5, 0.6) is 0 Å². The van der Waals surface area contributed by atoms with Gasteiger partial charge in [0.15, 0.2) is 0 Å². The summed E-state index contributed by atoms with van der Waals surface area (Å²) >= 11 is 6.22. The second kappa shape index (κ2) is 6.65. The van der Waals surface area contributed by atoms with E-state index >= 15 is 0 Å². The topological polar surface area (TPSA) is 72.2 Å². The quantitative estimate of drug-likeness (QED) is 0.777. The van der Waals surface area contributed by atoms with Gasteiger partial charge in [0.2, 0.25) is 10.0 Å². The second-order valence-electron chi connectivity index (χ2n) is 3.90. The minimum absolute atomic E-state index is 0.0509. The highest BCUT2D eigenvalue weighted by Crippen LogP contribution is 2.15. The zero-order valence-electron chi connectivity index (χ0n) is 10.5. The molecule has 1 aromatic rings. The number of hydrogen-bond acceptors (Lipinski definition) is 4. The van der Waals surface area contributed by atoms with Crippen LogP contribution in [0.25, 0.3) is 0 Å². The first-order valence-electron chi connectivity index (χ1n) is 5.39. The molecule has 0 aliphatic heterocycles. The van der Waals surface area contributed by atoms with Gasteiger partial charge in [-0.15, -0.1) is 0 Å². The van der Waals surface area contributed by atoms with Gasteiger partial charge in [0.05, 0.1) is 4.90 Å². The molecule has 106 valence electrons. The van der Waals surface area contributed by atoms with E-state index in [1.807, 2.05) is 13.2 Å². The normalized spacial score (nSPS) is 13.2. The number of sulfonamides is 1. The van der Waals surface area contributed by atoms with Crippen LogP contribution in [-0.4, -0.2) is 31.5 Å². The molecule has 0 bridgehead atoms. The lowest BCUT2D eigenvalue weighted by Gasteiger charge is -2.11. The predicted molar refractivity (Wildman–Crippen MR) is 80.5 cm³/mol. The molecular formula is C11H15FN2O2S3. The summed E-state index contributed by atoms with van der Waals surface area (Å²) in [5.74, 6) is -0.635. The van der Waals surface area contributed by atoms with Crippen molar-refractivity contribution in [2.75, 3.05) is 12.8 Å². The average molecular weight is 322 g/mol. The average Bonchev–Trinajstić information content (AvgIpc) is 2.35. The standard InChI is InChI=1S/C11H15FN2O2S3/c1-7(18-2)6-14-19(15,16)8-3-4-10(12)9(5-8)11(13)17/h3-5,7,14H,6H2,1-2H3,(H2,13,17). The number of nitrogens with two attached hydrogens (primary N) is 1. The Bertz CT molecular complexity index is 575. The Morgan fingerprint density at radius 3 is 2.74 bits per heavy atom. The van der Waals surface area contributed by atoms with E-state index in [1.54, 1.807) is 11.8 Å². The molecule has 0 spiro atoms. The predicted octanol–water partition coefficient (Wildman–Crippen LogP) is 1.49. The molecule has 3 N–H and O–H groups in total. The first kappa shape index (κ1) is 16.4. The van der Waals surface area contributed by atoms with Crippen LogP contribution in [-0.2, 0) is 10.0 Å². The Morgan fingerprint density at radius 2 is 2.21 bits per heavy atom. The third-order valence-corrected chi connectivity index (χ3v) is 5.09. The first-order chi connectivity index (χ1) is 8.77. The molecule has 0 aromatic heterocycles. The zero-order chi connectivity index (χ0) is 14.6. The molecule has 0 heterocycles. The van der Waals surface area contributed by atoms with Crippen molar-refractivity contribution < 1.29 is 12.8 Å². The van der Waals surface area contributed by atoms with Gasteiger partial charge < -0.3 is 5.73 Å². The summed E-state index contributed by atoms with van der Waals surface area (Å²) in [5.41, 5.74) is 5.27. The SMILES string of the molecule is CSC(C)CNS(=O)(=O)c1ccc(F)c(C(N)=S)c1. The van der Waals surface area contributed by atoms with Crippen LogP contribution in [0.2, 0.25) is 0 Å². The summed E-state index contributed by atoms with van der Waals surface area (Å²) in [6, 6.07) is 3.37. The third kappa shape index (κ3) is 4.41. The number of hydrogen-bond donors (Lipinski definition) is 2. The molecule has 0 aliphatic rings. The molecule has 4 nitrogen and oxygen atoms in total. The fraction of sp³-hybridized carbons (Fsp3) is 0.364. The van der Waals surface area contributed by atoms with Crippen LogP contribution in [0.4, 0.5) is 4.39 Å². The first-order valence-corrected chi connectivity index (χ1v) is 8.57. The minimum atomic E-state index is -3.68. The molecule has 0 radical (unpaired) electrons. The molecular weight excluding hydrogens is 307 g/mol. The van der Waals surface area contributed by atoms with Gasteiger partial charge in [-0.3, -0.25) is 0 Å². The molecule has 0 aliphatic carbocycles. The second-order valence-corrected chi connectivity index (χ2v) is 7.39. The van der Waals surface area contributed by atoms with Gasteiger partial charge in [-0.05, 0) is 24.5 Å². The van der Waals surface area contributed by atoms with Gasteiger partial charge in [0.1, 0.15) is 10.8 Å².